The van der Waals surface area contributed by atoms with Crippen LogP contribution in [0.25, 0.3) is 0 Å². The van der Waals surface area contributed by atoms with Crippen molar-refractivity contribution in [1.29, 1.82) is 0 Å². The van der Waals surface area contributed by atoms with Gasteiger partial charge in [-0.05, 0) is 54.7 Å². The van der Waals surface area contributed by atoms with Crippen LogP contribution < -0.4 is 4.74 Å². The van der Waals surface area contributed by atoms with Crippen molar-refractivity contribution in [2.75, 3.05) is 7.11 Å². The fraction of sp³-hybridized carbons (Fsp3) is 0.294. The molecule has 2 aromatic rings. The second kappa shape index (κ2) is 6.51. The molecule has 0 aliphatic rings. The molecule has 0 N–H and O–H groups in total. The Hall–Kier alpha value is -1.18. The number of halogens is 2. The maximum Gasteiger partial charge on any atom is 0.124 e. The maximum atomic E-state index is 6.55. The Kier molecular flexibility index (Phi) is 4.95. The highest BCUT2D eigenvalue weighted by atomic mass is 35.5. The molecule has 2 aromatic carbocycles. The largest absolute Gasteiger partial charge is 0.496 e. The molecule has 0 aliphatic heterocycles. The molecule has 0 amide bonds. The van der Waals surface area contributed by atoms with Gasteiger partial charge in [-0.25, -0.2) is 0 Å². The van der Waals surface area contributed by atoms with Crippen molar-refractivity contribution in [2.24, 2.45) is 0 Å². The van der Waals surface area contributed by atoms with Gasteiger partial charge in [-0.15, -0.1) is 11.6 Å². The van der Waals surface area contributed by atoms with E-state index in [0.29, 0.717) is 0 Å². The molecule has 0 bridgehead atoms. The number of methoxy groups -OCH3 is 1. The summed E-state index contributed by atoms with van der Waals surface area (Å²) in [5, 5.41) is 0.690. The van der Waals surface area contributed by atoms with E-state index in [1.165, 1.54) is 5.56 Å². The first-order valence-electron chi connectivity index (χ1n) is 6.55. The molecule has 0 fully saturated rings. The molecule has 0 aromatic heterocycles. The zero-order valence-corrected chi connectivity index (χ0v) is 13.4. The van der Waals surface area contributed by atoms with Crippen LogP contribution in [0.15, 0.2) is 36.4 Å². The molecule has 0 aliphatic carbocycles. The smallest absolute Gasteiger partial charge is 0.124 e. The lowest BCUT2D eigenvalue weighted by molar-refractivity contribution is 0.408. The number of hydrogen-bond donors (Lipinski definition) is 0. The van der Waals surface area contributed by atoms with Gasteiger partial charge in [0.15, 0.2) is 0 Å². The highest BCUT2D eigenvalue weighted by Crippen LogP contribution is 2.31. The molecule has 0 spiro atoms. The molecule has 0 heterocycles. The van der Waals surface area contributed by atoms with Crippen LogP contribution in [-0.4, -0.2) is 7.11 Å². The molecule has 0 radical (unpaired) electrons. The molecule has 0 saturated heterocycles. The summed E-state index contributed by atoms with van der Waals surface area (Å²) in [6, 6.07) is 12.0. The SMILES string of the molecule is COc1c(C)cc(C(Cl)Cc2ccc(Cl)cc2)cc1C. The van der Waals surface area contributed by atoms with Crippen LogP contribution in [0.2, 0.25) is 5.02 Å². The number of alkyl halides is 1. The fourth-order valence-corrected chi connectivity index (χ4v) is 2.86. The van der Waals surface area contributed by atoms with Gasteiger partial charge in [0.1, 0.15) is 5.75 Å². The van der Waals surface area contributed by atoms with Crippen molar-refractivity contribution in [3.63, 3.8) is 0 Å². The van der Waals surface area contributed by atoms with E-state index < -0.39 is 0 Å². The third-order valence-electron chi connectivity index (χ3n) is 3.38. The van der Waals surface area contributed by atoms with Gasteiger partial charge >= 0.3 is 0 Å². The monoisotopic (exact) mass is 308 g/mol. The number of rotatable bonds is 4. The van der Waals surface area contributed by atoms with Gasteiger partial charge in [0.05, 0.1) is 12.5 Å². The van der Waals surface area contributed by atoms with Crippen LogP contribution in [0.4, 0.5) is 0 Å². The van der Waals surface area contributed by atoms with Gasteiger partial charge in [0, 0.05) is 5.02 Å². The third-order valence-corrected chi connectivity index (χ3v) is 4.03. The van der Waals surface area contributed by atoms with Crippen LogP contribution in [-0.2, 0) is 6.42 Å². The summed E-state index contributed by atoms with van der Waals surface area (Å²) in [6.45, 7) is 4.09. The number of ether oxygens (including phenoxy) is 1. The second-order valence-electron chi connectivity index (χ2n) is 4.99. The van der Waals surface area contributed by atoms with Gasteiger partial charge in [-0.2, -0.15) is 0 Å². The van der Waals surface area contributed by atoms with E-state index in [2.05, 4.69) is 12.1 Å². The summed E-state index contributed by atoms with van der Waals surface area (Å²) in [7, 11) is 1.70. The van der Waals surface area contributed by atoms with Crippen LogP contribution in [0.5, 0.6) is 5.75 Å². The van der Waals surface area contributed by atoms with Gasteiger partial charge in [0.2, 0.25) is 0 Å². The Morgan fingerprint density at radius 1 is 1.05 bits per heavy atom. The zero-order chi connectivity index (χ0) is 14.7. The number of benzene rings is 2. The van der Waals surface area contributed by atoms with E-state index in [1.807, 2.05) is 38.1 Å². The summed E-state index contributed by atoms with van der Waals surface area (Å²) >= 11 is 12.4. The van der Waals surface area contributed by atoms with Crippen LogP contribution in [0, 0.1) is 13.8 Å². The maximum absolute atomic E-state index is 6.55. The van der Waals surface area contributed by atoms with Crippen LogP contribution in [0.1, 0.15) is 27.6 Å². The van der Waals surface area contributed by atoms with Crippen molar-refractivity contribution in [1.82, 2.24) is 0 Å². The van der Waals surface area contributed by atoms with E-state index in [1.54, 1.807) is 7.11 Å². The molecule has 0 saturated carbocycles. The number of aryl methyl sites for hydroxylation is 2. The first kappa shape index (κ1) is 15.2. The standard InChI is InChI=1S/C17H18Cl2O/c1-11-8-14(9-12(2)17(11)20-3)16(19)10-13-4-6-15(18)7-5-13/h4-9,16H,10H2,1-3H3. The molecule has 1 nitrogen and oxygen atoms in total. The topological polar surface area (TPSA) is 9.23 Å². The molecule has 20 heavy (non-hydrogen) atoms. The van der Waals surface area contributed by atoms with Gasteiger partial charge < -0.3 is 4.74 Å². The quantitative estimate of drug-likeness (QED) is 0.679. The lowest BCUT2D eigenvalue weighted by Crippen LogP contribution is -1.99. The Morgan fingerprint density at radius 3 is 2.10 bits per heavy atom. The minimum Gasteiger partial charge on any atom is -0.496 e. The average molecular weight is 309 g/mol. The predicted molar refractivity (Wildman–Crippen MR) is 86.2 cm³/mol. The van der Waals surface area contributed by atoms with Crippen molar-refractivity contribution < 1.29 is 4.74 Å². The van der Waals surface area contributed by atoms with E-state index >= 15 is 0 Å². The summed E-state index contributed by atoms with van der Waals surface area (Å²) in [5.41, 5.74) is 4.53. The Morgan fingerprint density at radius 2 is 1.60 bits per heavy atom. The first-order valence-corrected chi connectivity index (χ1v) is 7.36. The molecule has 1 unspecified atom stereocenters. The molecular formula is C17H18Cl2O. The van der Waals surface area contributed by atoms with Gasteiger partial charge in [0.25, 0.3) is 0 Å². The Labute approximate surface area is 130 Å². The summed E-state index contributed by atoms with van der Waals surface area (Å²) in [5.74, 6) is 0.934. The molecule has 2 rings (SSSR count). The lowest BCUT2D eigenvalue weighted by atomic mass is 9.99. The van der Waals surface area contributed by atoms with E-state index in [0.717, 1.165) is 33.9 Å². The summed E-state index contributed by atoms with van der Waals surface area (Å²) in [6.07, 6.45) is 0.782. The van der Waals surface area contributed by atoms with Crippen molar-refractivity contribution >= 4 is 23.2 Å². The normalized spacial score (nSPS) is 12.2. The summed E-state index contributed by atoms with van der Waals surface area (Å²) < 4.78 is 5.38. The Balaban J connectivity index is 2.21. The second-order valence-corrected chi connectivity index (χ2v) is 5.95. The van der Waals surface area contributed by atoms with Gasteiger partial charge in [-0.1, -0.05) is 35.9 Å². The van der Waals surface area contributed by atoms with Gasteiger partial charge in [-0.3, -0.25) is 0 Å². The fourth-order valence-electron chi connectivity index (χ4n) is 2.43. The van der Waals surface area contributed by atoms with E-state index in [4.69, 9.17) is 27.9 Å². The minimum atomic E-state index is -0.0560. The number of hydrogen-bond acceptors (Lipinski definition) is 1. The highest BCUT2D eigenvalue weighted by Gasteiger charge is 2.13. The Bertz CT molecular complexity index is 567. The highest BCUT2D eigenvalue weighted by molar-refractivity contribution is 6.30. The summed E-state index contributed by atoms with van der Waals surface area (Å²) in [4.78, 5) is 0. The third kappa shape index (κ3) is 3.47. The molecule has 1 atom stereocenters. The predicted octanol–water partition coefficient (Wildman–Crippen LogP) is 5.49. The van der Waals surface area contributed by atoms with Crippen LogP contribution in [0.3, 0.4) is 0 Å². The molecular weight excluding hydrogens is 291 g/mol. The average Bonchev–Trinajstić information content (AvgIpc) is 2.41. The lowest BCUT2D eigenvalue weighted by Gasteiger charge is -2.15. The first-order chi connectivity index (χ1) is 9.51. The van der Waals surface area contributed by atoms with Crippen molar-refractivity contribution in [3.05, 3.63) is 63.7 Å². The molecule has 106 valence electrons. The zero-order valence-electron chi connectivity index (χ0n) is 11.9. The van der Waals surface area contributed by atoms with E-state index in [9.17, 15) is 0 Å². The van der Waals surface area contributed by atoms with Crippen molar-refractivity contribution in [3.8, 4) is 5.75 Å². The van der Waals surface area contributed by atoms with E-state index in [-0.39, 0.29) is 5.38 Å². The molecule has 3 heteroatoms. The van der Waals surface area contributed by atoms with Crippen molar-refractivity contribution in [2.45, 2.75) is 25.6 Å². The van der Waals surface area contributed by atoms with Crippen LogP contribution >= 0.6 is 23.2 Å². The minimum absolute atomic E-state index is 0.0560.